The number of hydrogen-bond acceptors (Lipinski definition) is 2. The molecule has 1 N–H and O–H groups in total. The molecule has 1 atom stereocenters. The summed E-state index contributed by atoms with van der Waals surface area (Å²) in [5.74, 6) is 0.150. The van der Waals surface area contributed by atoms with Crippen LogP contribution in [0.15, 0.2) is 12.1 Å². The Bertz CT molecular complexity index is 758. The van der Waals surface area contributed by atoms with Crippen molar-refractivity contribution in [1.82, 2.24) is 14.8 Å². The number of nitrogens with zero attached hydrogens (tertiary/aromatic N) is 2. The van der Waals surface area contributed by atoms with E-state index in [0.717, 1.165) is 49.4 Å². The predicted molar refractivity (Wildman–Crippen MR) is 99.7 cm³/mol. The number of nitrogens with one attached hydrogen (secondary N) is 1. The van der Waals surface area contributed by atoms with Gasteiger partial charge in [0.15, 0.2) is 0 Å². The molecule has 130 valence electrons. The first-order valence-electron chi connectivity index (χ1n) is 9.09. The molecule has 1 saturated heterocycles. The molecule has 0 aliphatic carbocycles. The SMILES string of the molecule is CCN(CC)[C@H]1CCN(C(=O)c2[nH]c3c(C)ccc(C)c3c2C)C1. The lowest BCUT2D eigenvalue weighted by Gasteiger charge is -2.26. The molecule has 1 amide bonds. The minimum Gasteiger partial charge on any atom is -0.350 e. The van der Waals surface area contributed by atoms with Gasteiger partial charge in [0.25, 0.3) is 5.91 Å². The van der Waals surface area contributed by atoms with E-state index in [0.29, 0.717) is 6.04 Å². The number of benzene rings is 1. The summed E-state index contributed by atoms with van der Waals surface area (Å²) < 4.78 is 0. The van der Waals surface area contributed by atoms with Crippen LogP contribution in [-0.2, 0) is 0 Å². The number of rotatable bonds is 4. The fourth-order valence-corrected chi connectivity index (χ4v) is 4.14. The van der Waals surface area contributed by atoms with Gasteiger partial charge in [-0.2, -0.15) is 0 Å². The fraction of sp³-hybridized carbons (Fsp3) is 0.550. The van der Waals surface area contributed by atoms with Gasteiger partial charge >= 0.3 is 0 Å². The van der Waals surface area contributed by atoms with Crippen molar-refractivity contribution in [3.63, 3.8) is 0 Å². The summed E-state index contributed by atoms with van der Waals surface area (Å²) in [5, 5.41) is 1.21. The van der Waals surface area contributed by atoms with Gasteiger partial charge in [-0.1, -0.05) is 26.0 Å². The van der Waals surface area contributed by atoms with Crippen molar-refractivity contribution < 1.29 is 4.79 Å². The molecular weight excluding hydrogens is 298 g/mol. The van der Waals surface area contributed by atoms with Gasteiger partial charge in [0.2, 0.25) is 0 Å². The zero-order valence-corrected chi connectivity index (χ0v) is 15.6. The number of amides is 1. The monoisotopic (exact) mass is 327 g/mol. The number of likely N-dealkylation sites (N-methyl/N-ethyl adjacent to an activating group) is 1. The Balaban J connectivity index is 1.89. The number of aryl methyl sites for hydroxylation is 3. The Morgan fingerprint density at radius 1 is 1.21 bits per heavy atom. The average Bonchev–Trinajstić information content (AvgIpc) is 3.18. The van der Waals surface area contributed by atoms with Gasteiger partial charge in [-0.3, -0.25) is 9.69 Å². The zero-order chi connectivity index (χ0) is 17.4. The third kappa shape index (κ3) is 2.73. The zero-order valence-electron chi connectivity index (χ0n) is 15.6. The second kappa shape index (κ2) is 6.60. The van der Waals surface area contributed by atoms with E-state index in [-0.39, 0.29) is 5.91 Å². The first-order valence-corrected chi connectivity index (χ1v) is 9.09. The molecule has 1 aromatic heterocycles. The van der Waals surface area contributed by atoms with Crippen LogP contribution in [0.3, 0.4) is 0 Å². The van der Waals surface area contributed by atoms with Crippen molar-refractivity contribution in [2.45, 2.75) is 47.1 Å². The van der Waals surface area contributed by atoms with Crippen LogP contribution in [0, 0.1) is 20.8 Å². The second-order valence-corrected chi connectivity index (χ2v) is 6.99. The number of carbonyl (C=O) groups is 1. The van der Waals surface area contributed by atoms with Gasteiger partial charge in [0.05, 0.1) is 0 Å². The summed E-state index contributed by atoms with van der Waals surface area (Å²) >= 11 is 0. The standard InChI is InChI=1S/C20H29N3O/c1-6-22(7-2)16-10-11-23(12-16)20(24)19-15(5)17-13(3)8-9-14(4)18(17)21-19/h8-9,16,21H,6-7,10-12H2,1-5H3/t16-/m0/s1. The molecule has 1 aliphatic rings. The van der Waals surface area contributed by atoms with Crippen LogP contribution in [0.2, 0.25) is 0 Å². The molecule has 0 unspecified atom stereocenters. The Morgan fingerprint density at radius 3 is 2.50 bits per heavy atom. The number of aromatic amines is 1. The van der Waals surface area contributed by atoms with Gasteiger partial charge in [0, 0.05) is 30.0 Å². The molecule has 1 aromatic carbocycles. The Hall–Kier alpha value is -1.81. The maximum Gasteiger partial charge on any atom is 0.270 e. The molecule has 2 aromatic rings. The highest BCUT2D eigenvalue weighted by Gasteiger charge is 2.31. The van der Waals surface area contributed by atoms with E-state index < -0.39 is 0 Å². The van der Waals surface area contributed by atoms with Crippen molar-refractivity contribution in [3.8, 4) is 0 Å². The molecule has 24 heavy (non-hydrogen) atoms. The number of H-pyrrole nitrogens is 1. The molecule has 4 nitrogen and oxygen atoms in total. The minimum atomic E-state index is 0.150. The van der Waals surface area contributed by atoms with Gasteiger partial charge in [-0.15, -0.1) is 0 Å². The second-order valence-electron chi connectivity index (χ2n) is 6.99. The van der Waals surface area contributed by atoms with Crippen molar-refractivity contribution >= 4 is 16.8 Å². The van der Waals surface area contributed by atoms with E-state index in [4.69, 9.17) is 0 Å². The molecule has 0 bridgehead atoms. The number of likely N-dealkylation sites (tertiary alicyclic amines) is 1. The van der Waals surface area contributed by atoms with Crippen LogP contribution in [-0.4, -0.2) is 52.9 Å². The lowest BCUT2D eigenvalue weighted by molar-refractivity contribution is 0.0772. The quantitative estimate of drug-likeness (QED) is 0.931. The van der Waals surface area contributed by atoms with Crippen molar-refractivity contribution in [1.29, 1.82) is 0 Å². The van der Waals surface area contributed by atoms with Crippen LogP contribution in [0.1, 0.15) is 47.4 Å². The third-order valence-corrected chi connectivity index (χ3v) is 5.62. The lowest BCUT2D eigenvalue weighted by Crippen LogP contribution is -2.38. The van der Waals surface area contributed by atoms with Crippen molar-refractivity contribution in [2.24, 2.45) is 0 Å². The van der Waals surface area contributed by atoms with E-state index in [1.54, 1.807) is 0 Å². The Morgan fingerprint density at radius 2 is 1.88 bits per heavy atom. The molecule has 3 rings (SSSR count). The molecular formula is C20H29N3O. The molecule has 4 heteroatoms. The first kappa shape index (κ1) is 17.0. The van der Waals surface area contributed by atoms with Crippen molar-refractivity contribution in [3.05, 3.63) is 34.5 Å². The largest absolute Gasteiger partial charge is 0.350 e. The summed E-state index contributed by atoms with van der Waals surface area (Å²) in [6.07, 6.45) is 1.07. The van der Waals surface area contributed by atoms with Gasteiger partial charge < -0.3 is 9.88 Å². The van der Waals surface area contributed by atoms with Crippen LogP contribution in [0.5, 0.6) is 0 Å². The topological polar surface area (TPSA) is 39.3 Å². The molecule has 0 spiro atoms. The molecule has 1 aliphatic heterocycles. The smallest absolute Gasteiger partial charge is 0.270 e. The number of fused-ring (bicyclic) bond motifs is 1. The van der Waals surface area contributed by atoms with Crippen LogP contribution in [0.4, 0.5) is 0 Å². The van der Waals surface area contributed by atoms with Crippen molar-refractivity contribution in [2.75, 3.05) is 26.2 Å². The van der Waals surface area contributed by atoms with E-state index in [1.165, 1.54) is 16.5 Å². The predicted octanol–water partition coefficient (Wildman–Crippen LogP) is 3.65. The molecule has 0 radical (unpaired) electrons. The number of carbonyl (C=O) groups excluding carboxylic acids is 1. The maximum absolute atomic E-state index is 13.1. The lowest BCUT2D eigenvalue weighted by atomic mass is 10.0. The number of aromatic nitrogens is 1. The van der Waals surface area contributed by atoms with Gasteiger partial charge in [-0.25, -0.2) is 0 Å². The average molecular weight is 327 g/mol. The highest BCUT2D eigenvalue weighted by Crippen LogP contribution is 2.29. The Labute approximate surface area is 144 Å². The molecule has 0 saturated carbocycles. The van der Waals surface area contributed by atoms with Crippen LogP contribution < -0.4 is 0 Å². The normalized spacial score (nSPS) is 18.1. The van der Waals surface area contributed by atoms with Gasteiger partial charge in [0.1, 0.15) is 5.69 Å². The fourth-order valence-electron chi connectivity index (χ4n) is 4.14. The summed E-state index contributed by atoms with van der Waals surface area (Å²) in [5.41, 5.74) is 5.38. The van der Waals surface area contributed by atoms with Crippen LogP contribution >= 0.6 is 0 Å². The Kier molecular flexibility index (Phi) is 4.68. The van der Waals surface area contributed by atoms with E-state index in [1.807, 2.05) is 4.90 Å². The van der Waals surface area contributed by atoms with E-state index in [9.17, 15) is 4.79 Å². The summed E-state index contributed by atoms with van der Waals surface area (Å²) in [7, 11) is 0. The van der Waals surface area contributed by atoms with Crippen LogP contribution in [0.25, 0.3) is 10.9 Å². The third-order valence-electron chi connectivity index (χ3n) is 5.62. The summed E-state index contributed by atoms with van der Waals surface area (Å²) in [6.45, 7) is 14.5. The van der Waals surface area contributed by atoms with E-state index in [2.05, 4.69) is 56.6 Å². The summed E-state index contributed by atoms with van der Waals surface area (Å²) in [6, 6.07) is 4.75. The number of hydrogen-bond donors (Lipinski definition) is 1. The highest BCUT2D eigenvalue weighted by atomic mass is 16.2. The summed E-state index contributed by atoms with van der Waals surface area (Å²) in [4.78, 5) is 21.0. The minimum absolute atomic E-state index is 0.150. The molecule has 2 heterocycles. The first-order chi connectivity index (χ1) is 11.5. The van der Waals surface area contributed by atoms with E-state index >= 15 is 0 Å². The maximum atomic E-state index is 13.1. The van der Waals surface area contributed by atoms with Gasteiger partial charge in [-0.05, 0) is 57.0 Å². The highest BCUT2D eigenvalue weighted by molar-refractivity contribution is 6.02. The molecule has 1 fully saturated rings.